The zero-order valence-corrected chi connectivity index (χ0v) is 18.7. The second kappa shape index (κ2) is 9.06. The maximum atomic E-state index is 12.7. The van der Waals surface area contributed by atoms with E-state index in [1.54, 1.807) is 12.3 Å². The molecule has 1 aliphatic rings. The molecule has 2 aromatic heterocycles. The van der Waals surface area contributed by atoms with Crippen molar-refractivity contribution in [1.29, 1.82) is 5.26 Å². The van der Waals surface area contributed by atoms with E-state index in [9.17, 15) is 23.5 Å². The number of phenols is 1. The van der Waals surface area contributed by atoms with E-state index < -0.39 is 12.2 Å². The van der Waals surface area contributed by atoms with Gasteiger partial charge in [-0.2, -0.15) is 18.4 Å². The molecule has 0 spiro atoms. The average molecular weight is 457 g/mol. The number of benzene rings is 1. The molecule has 0 amide bonds. The molecule has 0 bridgehead atoms. The predicted octanol–water partition coefficient (Wildman–Crippen LogP) is 5.79. The molecule has 0 radical (unpaired) electrons. The number of alkyl halides is 3. The first-order valence-corrected chi connectivity index (χ1v) is 11.2. The zero-order chi connectivity index (χ0) is 23.8. The molecule has 1 fully saturated rings. The van der Waals surface area contributed by atoms with Gasteiger partial charge in [-0.1, -0.05) is 18.9 Å². The Morgan fingerprint density at radius 3 is 2.61 bits per heavy atom. The van der Waals surface area contributed by atoms with Crippen LogP contribution in [0.5, 0.6) is 5.75 Å². The Morgan fingerprint density at radius 2 is 2.00 bits per heavy atom. The average Bonchev–Trinajstić information content (AvgIpc) is 3.40. The number of aromatic nitrogens is 2. The summed E-state index contributed by atoms with van der Waals surface area (Å²) in [5, 5.41) is 23.5. The van der Waals surface area contributed by atoms with Gasteiger partial charge in [0.1, 0.15) is 17.9 Å². The highest BCUT2D eigenvalue weighted by molar-refractivity contribution is 5.95. The summed E-state index contributed by atoms with van der Waals surface area (Å²) in [5.74, 6) is 0.151. The van der Waals surface area contributed by atoms with Crippen molar-refractivity contribution in [2.45, 2.75) is 64.2 Å². The first-order valence-electron chi connectivity index (χ1n) is 11.2. The molecule has 0 saturated heterocycles. The molecule has 8 heteroatoms. The Morgan fingerprint density at radius 1 is 1.27 bits per heavy atom. The molecule has 4 rings (SSSR count). The normalized spacial score (nSPS) is 15.8. The summed E-state index contributed by atoms with van der Waals surface area (Å²) in [6, 6.07) is 8.26. The van der Waals surface area contributed by atoms with Crippen LogP contribution in [0.15, 0.2) is 30.5 Å². The lowest BCUT2D eigenvalue weighted by molar-refractivity contribution is -0.151. The number of hydrogen-bond acceptors (Lipinski definition) is 4. The van der Waals surface area contributed by atoms with Crippen LogP contribution in [-0.2, 0) is 6.42 Å². The molecule has 33 heavy (non-hydrogen) atoms. The Balaban J connectivity index is 1.69. The first kappa shape index (κ1) is 23.1. The van der Waals surface area contributed by atoms with E-state index in [1.807, 2.05) is 25.1 Å². The highest BCUT2D eigenvalue weighted by Gasteiger charge is 2.35. The quantitative estimate of drug-likeness (QED) is 0.493. The number of hydrogen-bond donors (Lipinski definition) is 2. The zero-order valence-electron chi connectivity index (χ0n) is 18.7. The van der Waals surface area contributed by atoms with Gasteiger partial charge in [-0.05, 0) is 69.0 Å². The molecule has 2 heterocycles. The van der Waals surface area contributed by atoms with Gasteiger partial charge in [0, 0.05) is 17.6 Å². The molecule has 1 saturated carbocycles. The lowest BCUT2D eigenvalue weighted by Crippen LogP contribution is -2.40. The first-order chi connectivity index (χ1) is 15.7. The van der Waals surface area contributed by atoms with Crippen LogP contribution in [-0.4, -0.2) is 33.4 Å². The predicted molar refractivity (Wildman–Crippen MR) is 121 cm³/mol. The summed E-state index contributed by atoms with van der Waals surface area (Å²) >= 11 is 0. The minimum Gasteiger partial charge on any atom is -0.508 e. The Labute approximate surface area is 190 Å². The van der Waals surface area contributed by atoms with Gasteiger partial charge in [0.05, 0.1) is 22.5 Å². The third kappa shape index (κ3) is 4.55. The van der Waals surface area contributed by atoms with Crippen molar-refractivity contribution in [2.24, 2.45) is 0 Å². The summed E-state index contributed by atoms with van der Waals surface area (Å²) in [4.78, 5) is 4.59. The van der Waals surface area contributed by atoms with Crippen molar-refractivity contribution in [2.75, 3.05) is 6.54 Å². The van der Waals surface area contributed by atoms with E-state index in [-0.39, 0.29) is 18.3 Å². The fraction of sp³-hybridized carbons (Fsp3) is 0.440. The molecular formula is C25H27F3N4O. The molecule has 0 unspecified atom stereocenters. The van der Waals surface area contributed by atoms with Crippen LogP contribution in [0.2, 0.25) is 0 Å². The maximum absolute atomic E-state index is 12.7. The Bertz CT molecular complexity index is 1190. The number of aryl methyl sites for hydroxylation is 1. The van der Waals surface area contributed by atoms with Crippen LogP contribution in [0.1, 0.15) is 55.3 Å². The summed E-state index contributed by atoms with van der Waals surface area (Å²) in [5.41, 5.74) is 4.34. The van der Waals surface area contributed by atoms with Crippen LogP contribution < -0.4 is 5.32 Å². The van der Waals surface area contributed by atoms with Crippen molar-refractivity contribution >= 4 is 10.9 Å². The fourth-order valence-corrected chi connectivity index (χ4v) is 4.62. The minimum atomic E-state index is -4.27. The molecule has 174 valence electrons. The third-order valence-electron chi connectivity index (χ3n) is 6.55. The van der Waals surface area contributed by atoms with Crippen LogP contribution in [0.3, 0.4) is 0 Å². The number of phenolic OH excluding ortho intramolecular Hbond substituents is 1. The fourth-order valence-electron chi connectivity index (χ4n) is 4.62. The minimum absolute atomic E-state index is 0.151. The largest absolute Gasteiger partial charge is 0.508 e. The van der Waals surface area contributed by atoms with Gasteiger partial charge < -0.3 is 15.0 Å². The number of nitriles is 1. The number of nitrogens with zero attached hydrogens (tertiary/aromatic N) is 3. The molecule has 2 N–H and O–H groups in total. The number of pyridine rings is 1. The molecule has 0 aliphatic heterocycles. The van der Waals surface area contributed by atoms with Crippen LogP contribution in [0.4, 0.5) is 13.2 Å². The smallest absolute Gasteiger partial charge is 0.403 e. The van der Waals surface area contributed by atoms with Gasteiger partial charge in [-0.15, -0.1) is 0 Å². The van der Waals surface area contributed by atoms with Crippen molar-refractivity contribution < 1.29 is 18.3 Å². The second-order valence-corrected chi connectivity index (χ2v) is 8.82. The van der Waals surface area contributed by atoms with Crippen LogP contribution >= 0.6 is 0 Å². The highest BCUT2D eigenvalue weighted by Crippen LogP contribution is 2.42. The summed E-state index contributed by atoms with van der Waals surface area (Å²) in [7, 11) is 0. The Hall–Kier alpha value is -3.05. The standard InChI is InChI=1S/C25H27F3N4O/c1-15-11-22-19(12-23(15)33)20(13-29)24(32(22)18-5-3-4-6-18)21-8-7-17(14-31-21)9-10-30-16(2)25(26,27)28/h7-8,11-12,14,16,18,30,33H,3-6,9-10H2,1-2H3/t16-/m0/s1. The molecule has 5 nitrogen and oxygen atoms in total. The van der Waals surface area contributed by atoms with Crippen molar-refractivity contribution in [1.82, 2.24) is 14.9 Å². The van der Waals surface area contributed by atoms with Gasteiger partial charge >= 0.3 is 6.18 Å². The number of fused-ring (bicyclic) bond motifs is 1. The highest BCUT2D eigenvalue weighted by atomic mass is 19.4. The molecule has 1 aliphatic carbocycles. The lowest BCUT2D eigenvalue weighted by Gasteiger charge is -2.18. The van der Waals surface area contributed by atoms with Crippen molar-refractivity contribution in [3.63, 3.8) is 0 Å². The van der Waals surface area contributed by atoms with Crippen LogP contribution in [0.25, 0.3) is 22.3 Å². The van der Waals surface area contributed by atoms with Gasteiger partial charge in [-0.25, -0.2) is 0 Å². The topological polar surface area (TPSA) is 73.9 Å². The van der Waals surface area contributed by atoms with Crippen molar-refractivity contribution in [3.05, 3.63) is 47.2 Å². The second-order valence-electron chi connectivity index (χ2n) is 8.82. The third-order valence-corrected chi connectivity index (χ3v) is 6.55. The van der Waals surface area contributed by atoms with E-state index in [1.165, 1.54) is 0 Å². The van der Waals surface area contributed by atoms with Gasteiger partial charge in [-0.3, -0.25) is 4.98 Å². The SMILES string of the molecule is Cc1cc2c(cc1O)c(C#N)c(-c1ccc(CCN[C@@H](C)C(F)(F)F)cn1)n2C1CCCC1. The van der Waals surface area contributed by atoms with Gasteiger partial charge in [0.25, 0.3) is 0 Å². The van der Waals surface area contributed by atoms with E-state index in [0.717, 1.165) is 54.9 Å². The molecular weight excluding hydrogens is 429 g/mol. The van der Waals surface area contributed by atoms with E-state index in [0.29, 0.717) is 23.1 Å². The number of nitrogens with one attached hydrogen (secondary N) is 1. The van der Waals surface area contributed by atoms with E-state index in [2.05, 4.69) is 20.9 Å². The summed E-state index contributed by atoms with van der Waals surface area (Å²) in [6.07, 6.45) is 2.09. The van der Waals surface area contributed by atoms with E-state index in [4.69, 9.17) is 0 Å². The summed E-state index contributed by atoms with van der Waals surface area (Å²) < 4.78 is 40.2. The van der Waals surface area contributed by atoms with Crippen LogP contribution in [0, 0.1) is 18.3 Å². The number of aromatic hydroxyl groups is 1. The molecule has 1 atom stereocenters. The van der Waals surface area contributed by atoms with Crippen molar-refractivity contribution in [3.8, 4) is 23.2 Å². The maximum Gasteiger partial charge on any atom is 0.403 e. The summed E-state index contributed by atoms with van der Waals surface area (Å²) in [6.45, 7) is 3.13. The van der Waals surface area contributed by atoms with Gasteiger partial charge in [0.2, 0.25) is 0 Å². The van der Waals surface area contributed by atoms with Gasteiger partial charge in [0.15, 0.2) is 0 Å². The number of halogens is 3. The molecule has 1 aromatic carbocycles. The Kier molecular flexibility index (Phi) is 6.35. The van der Waals surface area contributed by atoms with E-state index >= 15 is 0 Å². The lowest BCUT2D eigenvalue weighted by atomic mass is 10.1. The monoisotopic (exact) mass is 456 g/mol. The number of rotatable bonds is 6. The molecule has 3 aromatic rings.